The van der Waals surface area contributed by atoms with Crippen molar-refractivity contribution < 1.29 is 19.7 Å². The van der Waals surface area contributed by atoms with Crippen LogP contribution >= 0.6 is 0 Å². The topological polar surface area (TPSA) is 65.4 Å². The minimum Gasteiger partial charge on any atom is -0.493 e. The molecule has 0 aliphatic carbocycles. The lowest BCUT2D eigenvalue weighted by molar-refractivity contribution is 0.173. The van der Waals surface area contributed by atoms with E-state index < -0.39 is 0 Å². The molecular weight excluding hydrogens is 416 g/mol. The molecule has 2 N–H and O–H groups in total. The summed E-state index contributed by atoms with van der Waals surface area (Å²) in [4.78, 5) is 4.41. The SMILES string of the molecule is Cc1c(OCCCN(C)CCO)cccc1-c1cccc(OCCCN2CCC(O)C2)c1C. The molecule has 1 saturated heterocycles. The van der Waals surface area contributed by atoms with Crippen molar-refractivity contribution in [1.82, 2.24) is 9.80 Å². The lowest BCUT2D eigenvalue weighted by Crippen LogP contribution is -2.24. The standard InChI is InChI=1S/C27H40N2O4/c1-21-24(8-4-10-26(21)32-18-6-13-28(3)16-17-30)25-9-5-11-27(22(25)2)33-19-7-14-29-15-12-23(31)20-29/h4-5,8-11,23,30-31H,6-7,12-20H2,1-3H3. The first-order valence-corrected chi connectivity index (χ1v) is 12.1. The van der Waals surface area contributed by atoms with Gasteiger partial charge in [-0.15, -0.1) is 0 Å². The third-order valence-electron chi connectivity index (χ3n) is 6.41. The quantitative estimate of drug-likeness (QED) is 0.450. The molecule has 6 heteroatoms. The molecule has 1 aliphatic rings. The molecule has 182 valence electrons. The highest BCUT2D eigenvalue weighted by atomic mass is 16.5. The van der Waals surface area contributed by atoms with Crippen molar-refractivity contribution in [2.45, 2.75) is 39.2 Å². The Kier molecular flexibility index (Phi) is 10.0. The zero-order valence-electron chi connectivity index (χ0n) is 20.4. The van der Waals surface area contributed by atoms with Crippen LogP contribution in [0.5, 0.6) is 11.5 Å². The van der Waals surface area contributed by atoms with Gasteiger partial charge in [0.1, 0.15) is 11.5 Å². The number of aliphatic hydroxyl groups excluding tert-OH is 2. The van der Waals surface area contributed by atoms with E-state index in [1.54, 1.807) is 0 Å². The van der Waals surface area contributed by atoms with Crippen LogP contribution in [0, 0.1) is 13.8 Å². The second kappa shape index (κ2) is 12.9. The van der Waals surface area contributed by atoms with Gasteiger partial charge in [-0.2, -0.15) is 0 Å². The number of likely N-dealkylation sites (N-methyl/N-ethyl adjacent to an activating group) is 1. The molecule has 1 fully saturated rings. The lowest BCUT2D eigenvalue weighted by atomic mass is 9.95. The molecule has 33 heavy (non-hydrogen) atoms. The summed E-state index contributed by atoms with van der Waals surface area (Å²) >= 11 is 0. The molecule has 0 radical (unpaired) electrons. The van der Waals surface area contributed by atoms with Crippen molar-refractivity contribution in [3.05, 3.63) is 47.5 Å². The van der Waals surface area contributed by atoms with Crippen LogP contribution in [0.15, 0.2) is 36.4 Å². The van der Waals surface area contributed by atoms with Crippen LogP contribution < -0.4 is 9.47 Å². The van der Waals surface area contributed by atoms with Gasteiger partial charge in [0, 0.05) is 32.7 Å². The second-order valence-corrected chi connectivity index (χ2v) is 9.03. The first-order valence-electron chi connectivity index (χ1n) is 12.1. The lowest BCUT2D eigenvalue weighted by Gasteiger charge is -2.18. The van der Waals surface area contributed by atoms with Crippen molar-refractivity contribution in [2.75, 3.05) is 59.6 Å². The van der Waals surface area contributed by atoms with Crippen LogP contribution in [0.25, 0.3) is 11.1 Å². The molecule has 1 unspecified atom stereocenters. The van der Waals surface area contributed by atoms with Crippen LogP contribution in [0.1, 0.15) is 30.4 Å². The van der Waals surface area contributed by atoms with Gasteiger partial charge in [-0.1, -0.05) is 24.3 Å². The molecule has 1 aliphatic heterocycles. The summed E-state index contributed by atoms with van der Waals surface area (Å²) < 4.78 is 12.2. The highest BCUT2D eigenvalue weighted by molar-refractivity contribution is 5.74. The second-order valence-electron chi connectivity index (χ2n) is 9.03. The molecule has 0 spiro atoms. The predicted molar refractivity (Wildman–Crippen MR) is 133 cm³/mol. The number of ether oxygens (including phenoxy) is 2. The van der Waals surface area contributed by atoms with Gasteiger partial charge in [-0.3, -0.25) is 0 Å². The average Bonchev–Trinajstić information content (AvgIpc) is 3.22. The van der Waals surface area contributed by atoms with E-state index in [1.807, 2.05) is 25.2 Å². The Bertz CT molecular complexity index is 873. The molecule has 1 atom stereocenters. The number of likely N-dealkylation sites (tertiary alicyclic amines) is 1. The molecule has 2 aromatic rings. The summed E-state index contributed by atoms with van der Waals surface area (Å²) in [5, 5.41) is 18.7. The molecule has 6 nitrogen and oxygen atoms in total. The van der Waals surface area contributed by atoms with E-state index in [1.165, 1.54) is 11.1 Å². The van der Waals surface area contributed by atoms with E-state index in [9.17, 15) is 5.11 Å². The first kappa shape index (κ1) is 25.5. The number of β-amino-alcohol motifs (C(OH)–C–C–N with tert-alkyl or cyclic N) is 1. The summed E-state index contributed by atoms with van der Waals surface area (Å²) in [7, 11) is 2.01. The maximum Gasteiger partial charge on any atom is 0.122 e. The van der Waals surface area contributed by atoms with Crippen LogP contribution in [-0.4, -0.2) is 85.7 Å². The van der Waals surface area contributed by atoms with E-state index in [4.69, 9.17) is 14.6 Å². The summed E-state index contributed by atoms with van der Waals surface area (Å²) in [5.41, 5.74) is 4.61. The monoisotopic (exact) mass is 456 g/mol. The van der Waals surface area contributed by atoms with Crippen molar-refractivity contribution in [1.29, 1.82) is 0 Å². The molecule has 0 bridgehead atoms. The third-order valence-corrected chi connectivity index (χ3v) is 6.41. The molecule has 0 aromatic heterocycles. The van der Waals surface area contributed by atoms with Crippen molar-refractivity contribution in [3.63, 3.8) is 0 Å². The minimum atomic E-state index is -0.166. The number of aliphatic hydroxyl groups is 2. The van der Waals surface area contributed by atoms with Gasteiger partial charge in [-0.05, 0) is 74.5 Å². The number of hydrogen-bond donors (Lipinski definition) is 2. The summed E-state index contributed by atoms with van der Waals surface area (Å²) in [6, 6.07) is 12.5. The fourth-order valence-electron chi connectivity index (χ4n) is 4.41. The average molecular weight is 457 g/mol. The Labute approximate surface area is 198 Å². The highest BCUT2D eigenvalue weighted by Gasteiger charge is 2.19. The van der Waals surface area contributed by atoms with Gasteiger partial charge < -0.3 is 29.5 Å². The van der Waals surface area contributed by atoms with Gasteiger partial charge in [0.15, 0.2) is 0 Å². The number of nitrogens with zero attached hydrogens (tertiary/aromatic N) is 2. The van der Waals surface area contributed by atoms with Gasteiger partial charge in [0.2, 0.25) is 0 Å². The Hall–Kier alpha value is -2.12. The molecule has 0 amide bonds. The highest BCUT2D eigenvalue weighted by Crippen LogP contribution is 2.35. The zero-order chi connectivity index (χ0) is 23.6. The molecule has 2 aromatic carbocycles. The number of rotatable bonds is 13. The van der Waals surface area contributed by atoms with Crippen molar-refractivity contribution >= 4 is 0 Å². The van der Waals surface area contributed by atoms with E-state index >= 15 is 0 Å². The Morgan fingerprint density at radius 2 is 1.55 bits per heavy atom. The van der Waals surface area contributed by atoms with Crippen molar-refractivity contribution in [3.8, 4) is 22.6 Å². The Balaban J connectivity index is 1.58. The van der Waals surface area contributed by atoms with Gasteiger partial charge in [0.05, 0.1) is 25.9 Å². The minimum absolute atomic E-state index is 0.166. The van der Waals surface area contributed by atoms with Crippen LogP contribution in [0.3, 0.4) is 0 Å². The van der Waals surface area contributed by atoms with E-state index in [0.717, 1.165) is 68.1 Å². The fourth-order valence-corrected chi connectivity index (χ4v) is 4.41. The maximum atomic E-state index is 9.66. The van der Waals surface area contributed by atoms with Gasteiger partial charge in [0.25, 0.3) is 0 Å². The van der Waals surface area contributed by atoms with Crippen LogP contribution in [0.2, 0.25) is 0 Å². The molecule has 3 rings (SSSR count). The van der Waals surface area contributed by atoms with Gasteiger partial charge >= 0.3 is 0 Å². The van der Waals surface area contributed by atoms with E-state index in [0.29, 0.717) is 19.8 Å². The maximum absolute atomic E-state index is 9.66. The summed E-state index contributed by atoms with van der Waals surface area (Å²) in [5.74, 6) is 1.84. The van der Waals surface area contributed by atoms with Crippen LogP contribution in [0.4, 0.5) is 0 Å². The molecular formula is C27H40N2O4. The smallest absolute Gasteiger partial charge is 0.122 e. The Morgan fingerprint density at radius 3 is 2.09 bits per heavy atom. The molecule has 0 saturated carbocycles. The van der Waals surface area contributed by atoms with Crippen molar-refractivity contribution in [2.24, 2.45) is 0 Å². The molecule has 1 heterocycles. The van der Waals surface area contributed by atoms with Gasteiger partial charge in [-0.25, -0.2) is 0 Å². The largest absolute Gasteiger partial charge is 0.493 e. The fraction of sp³-hybridized carbons (Fsp3) is 0.556. The van der Waals surface area contributed by atoms with Crippen LogP contribution in [-0.2, 0) is 0 Å². The van der Waals surface area contributed by atoms with E-state index in [2.05, 4.69) is 41.8 Å². The zero-order valence-corrected chi connectivity index (χ0v) is 20.4. The number of hydrogen-bond acceptors (Lipinski definition) is 6. The number of benzene rings is 2. The normalized spacial score (nSPS) is 16.5. The first-order chi connectivity index (χ1) is 16.0. The summed E-state index contributed by atoms with van der Waals surface area (Å²) in [6.07, 6.45) is 2.58. The third kappa shape index (κ3) is 7.44. The predicted octanol–water partition coefficient (Wildman–Crippen LogP) is 3.50. The Morgan fingerprint density at radius 1 is 0.939 bits per heavy atom. The van der Waals surface area contributed by atoms with E-state index in [-0.39, 0.29) is 12.7 Å². The summed E-state index contributed by atoms with van der Waals surface area (Å²) in [6.45, 7) is 10.0.